The van der Waals surface area contributed by atoms with Crippen LogP contribution in [0.1, 0.15) is 15.9 Å². The number of nitrogens with one attached hydrogen (secondary N) is 2. The molecule has 0 aliphatic heterocycles. The van der Waals surface area contributed by atoms with E-state index < -0.39 is 0 Å². The van der Waals surface area contributed by atoms with Crippen LogP contribution in [0.3, 0.4) is 0 Å². The summed E-state index contributed by atoms with van der Waals surface area (Å²) >= 11 is 1.22. The lowest BCUT2D eigenvalue weighted by molar-refractivity contribution is 0.102. The Hall–Kier alpha value is -4.32. The summed E-state index contributed by atoms with van der Waals surface area (Å²) in [6, 6.07) is 14.3. The number of anilines is 1. The summed E-state index contributed by atoms with van der Waals surface area (Å²) in [6.45, 7) is 0.251. The fourth-order valence-corrected chi connectivity index (χ4v) is 3.63. The summed E-state index contributed by atoms with van der Waals surface area (Å²) in [5, 5.41) is 15.6. The number of ether oxygens (including phenoxy) is 3. The Morgan fingerprint density at radius 2 is 2.09 bits per heavy atom. The summed E-state index contributed by atoms with van der Waals surface area (Å²) in [5.74, 6) is 2.30. The summed E-state index contributed by atoms with van der Waals surface area (Å²) < 4.78 is 18.0. The monoisotopic (exact) mass is 493 g/mol. The Balaban J connectivity index is 1.30. The average molecular weight is 494 g/mol. The zero-order valence-electron chi connectivity index (χ0n) is 19.0. The number of carbonyl (C=O) groups is 1. The molecule has 0 aliphatic rings. The van der Waals surface area contributed by atoms with Crippen LogP contribution in [0.25, 0.3) is 0 Å². The van der Waals surface area contributed by atoms with Gasteiger partial charge >= 0.3 is 0 Å². The molecule has 0 bridgehead atoms. The summed E-state index contributed by atoms with van der Waals surface area (Å²) in [4.78, 5) is 16.7. The minimum absolute atomic E-state index is 0.0451. The molecule has 0 radical (unpaired) electrons. The van der Waals surface area contributed by atoms with Gasteiger partial charge in [-0.1, -0.05) is 23.9 Å². The molecular formula is C23H23N7O4S. The van der Waals surface area contributed by atoms with E-state index in [0.29, 0.717) is 33.9 Å². The SMILES string of the molecule is COc1cccc(C(=O)CSc2n[nH]c(N/N=C\c3ccc(OC)c(OCn4cccn4)c3)n2)c1. The molecule has 2 N–H and O–H groups in total. The zero-order chi connectivity index (χ0) is 24.5. The zero-order valence-corrected chi connectivity index (χ0v) is 19.9. The molecule has 2 aromatic carbocycles. The predicted octanol–water partition coefficient (Wildman–Crippen LogP) is 3.48. The number of hydrogen-bond acceptors (Lipinski definition) is 10. The molecule has 180 valence electrons. The molecule has 0 saturated carbocycles. The van der Waals surface area contributed by atoms with Gasteiger partial charge in [0.1, 0.15) is 5.75 Å². The van der Waals surface area contributed by atoms with Crippen LogP contribution < -0.4 is 19.6 Å². The van der Waals surface area contributed by atoms with Crippen LogP contribution in [-0.4, -0.2) is 56.9 Å². The number of thioether (sulfide) groups is 1. The molecule has 11 nitrogen and oxygen atoms in total. The van der Waals surface area contributed by atoms with E-state index in [9.17, 15) is 4.79 Å². The Morgan fingerprint density at radius 1 is 1.17 bits per heavy atom. The molecule has 0 atom stereocenters. The molecule has 0 fully saturated rings. The number of rotatable bonds is 12. The minimum atomic E-state index is -0.0451. The van der Waals surface area contributed by atoms with E-state index in [4.69, 9.17) is 14.2 Å². The first kappa shape index (κ1) is 23.8. The third-order valence-corrected chi connectivity index (χ3v) is 5.52. The van der Waals surface area contributed by atoms with Gasteiger partial charge in [-0.05, 0) is 42.0 Å². The van der Waals surface area contributed by atoms with E-state index in [2.05, 4.69) is 30.8 Å². The van der Waals surface area contributed by atoms with Crippen LogP contribution in [0.2, 0.25) is 0 Å². The van der Waals surface area contributed by atoms with Gasteiger partial charge in [0.15, 0.2) is 24.0 Å². The third kappa shape index (κ3) is 6.60. The normalized spacial score (nSPS) is 10.9. The van der Waals surface area contributed by atoms with Crippen molar-refractivity contribution < 1.29 is 19.0 Å². The Labute approximate surface area is 205 Å². The lowest BCUT2D eigenvalue weighted by atomic mass is 10.1. The van der Waals surface area contributed by atoms with E-state index in [0.717, 1.165) is 5.56 Å². The van der Waals surface area contributed by atoms with E-state index in [1.807, 2.05) is 12.1 Å². The molecule has 0 saturated heterocycles. The minimum Gasteiger partial charge on any atom is -0.497 e. The van der Waals surface area contributed by atoms with Crippen molar-refractivity contribution >= 4 is 29.7 Å². The smallest absolute Gasteiger partial charge is 0.240 e. The first-order valence-corrected chi connectivity index (χ1v) is 11.4. The van der Waals surface area contributed by atoms with Gasteiger partial charge in [-0.25, -0.2) is 15.2 Å². The highest BCUT2D eigenvalue weighted by Crippen LogP contribution is 2.28. The highest BCUT2D eigenvalue weighted by atomic mass is 32.2. The lowest BCUT2D eigenvalue weighted by Crippen LogP contribution is -2.06. The van der Waals surface area contributed by atoms with E-state index in [1.54, 1.807) is 73.9 Å². The lowest BCUT2D eigenvalue weighted by Gasteiger charge is -2.11. The van der Waals surface area contributed by atoms with Crippen LogP contribution in [-0.2, 0) is 6.73 Å². The molecule has 2 heterocycles. The Kier molecular flexibility index (Phi) is 7.96. The third-order valence-electron chi connectivity index (χ3n) is 4.67. The molecular weight excluding hydrogens is 470 g/mol. The number of ketones is 1. The molecule has 2 aromatic heterocycles. The number of aromatic nitrogens is 5. The fraction of sp³-hybridized carbons (Fsp3) is 0.174. The van der Waals surface area contributed by atoms with Gasteiger partial charge in [-0.15, -0.1) is 5.10 Å². The van der Waals surface area contributed by atoms with Crippen LogP contribution in [0, 0.1) is 0 Å². The summed E-state index contributed by atoms with van der Waals surface area (Å²) in [6.07, 6.45) is 5.10. The van der Waals surface area contributed by atoms with Gasteiger partial charge in [0.25, 0.3) is 0 Å². The summed E-state index contributed by atoms with van der Waals surface area (Å²) in [5.41, 5.74) is 4.15. The summed E-state index contributed by atoms with van der Waals surface area (Å²) in [7, 11) is 3.14. The maximum absolute atomic E-state index is 12.4. The molecule has 0 unspecified atom stereocenters. The number of benzene rings is 2. The largest absolute Gasteiger partial charge is 0.497 e. The van der Waals surface area contributed by atoms with E-state index >= 15 is 0 Å². The number of hydrazone groups is 1. The van der Waals surface area contributed by atoms with Gasteiger partial charge in [0.2, 0.25) is 11.1 Å². The van der Waals surface area contributed by atoms with Crippen molar-refractivity contribution in [3.63, 3.8) is 0 Å². The molecule has 0 spiro atoms. The number of aromatic amines is 1. The maximum atomic E-state index is 12.4. The van der Waals surface area contributed by atoms with Crippen molar-refractivity contribution in [2.24, 2.45) is 5.10 Å². The molecule has 12 heteroatoms. The predicted molar refractivity (Wildman–Crippen MR) is 131 cm³/mol. The number of carbonyl (C=O) groups excluding carboxylic acids is 1. The average Bonchev–Trinajstić information content (AvgIpc) is 3.58. The number of methoxy groups -OCH3 is 2. The standard InChI is InChI=1S/C23H23N7O4S/c1-32-18-6-3-5-17(12-18)19(31)14-35-23-26-22(28-29-23)27-24-13-16-7-8-20(33-2)21(11-16)34-15-30-10-4-9-25-30/h3-13H,14-15H2,1-2H3,(H2,26,27,28,29)/b24-13-. The molecule has 4 aromatic rings. The van der Waals surface area contributed by atoms with E-state index in [-0.39, 0.29) is 18.3 Å². The number of Topliss-reactive ketones (excluding diaryl/α,β-unsaturated/α-hetero) is 1. The molecule has 0 aliphatic carbocycles. The van der Waals surface area contributed by atoms with Crippen LogP contribution in [0.15, 0.2) is 71.2 Å². The maximum Gasteiger partial charge on any atom is 0.240 e. The number of nitrogens with zero attached hydrogens (tertiary/aromatic N) is 5. The van der Waals surface area contributed by atoms with E-state index in [1.165, 1.54) is 11.8 Å². The van der Waals surface area contributed by atoms with Crippen LogP contribution in [0.5, 0.6) is 17.2 Å². The van der Waals surface area contributed by atoms with Crippen molar-refractivity contribution in [3.05, 3.63) is 72.1 Å². The quantitative estimate of drug-likeness (QED) is 0.132. The van der Waals surface area contributed by atoms with Crippen molar-refractivity contribution in [1.29, 1.82) is 0 Å². The van der Waals surface area contributed by atoms with Crippen molar-refractivity contribution in [2.75, 3.05) is 25.4 Å². The van der Waals surface area contributed by atoms with Gasteiger partial charge in [0.05, 0.1) is 26.2 Å². The molecule has 35 heavy (non-hydrogen) atoms. The van der Waals surface area contributed by atoms with Crippen molar-refractivity contribution in [1.82, 2.24) is 25.0 Å². The topological polar surface area (TPSA) is 129 Å². The highest BCUT2D eigenvalue weighted by Gasteiger charge is 2.11. The van der Waals surface area contributed by atoms with Crippen molar-refractivity contribution in [2.45, 2.75) is 11.9 Å². The fourth-order valence-electron chi connectivity index (χ4n) is 2.94. The first-order valence-electron chi connectivity index (χ1n) is 10.4. The number of H-pyrrole nitrogens is 1. The highest BCUT2D eigenvalue weighted by molar-refractivity contribution is 7.99. The molecule has 0 amide bonds. The van der Waals surface area contributed by atoms with Crippen LogP contribution in [0.4, 0.5) is 5.95 Å². The second-order valence-electron chi connectivity index (χ2n) is 7.01. The van der Waals surface area contributed by atoms with Gasteiger partial charge in [-0.3, -0.25) is 4.79 Å². The second kappa shape index (κ2) is 11.7. The second-order valence-corrected chi connectivity index (χ2v) is 7.95. The molecule has 4 rings (SSSR count). The van der Waals surface area contributed by atoms with Gasteiger partial charge < -0.3 is 14.2 Å². The van der Waals surface area contributed by atoms with Crippen molar-refractivity contribution in [3.8, 4) is 17.2 Å². The van der Waals surface area contributed by atoms with Crippen LogP contribution >= 0.6 is 11.8 Å². The van der Waals surface area contributed by atoms with Gasteiger partial charge in [0, 0.05) is 18.0 Å². The Morgan fingerprint density at radius 3 is 2.89 bits per heavy atom. The number of hydrogen-bond donors (Lipinski definition) is 2. The van der Waals surface area contributed by atoms with Gasteiger partial charge in [-0.2, -0.15) is 15.2 Å². The Bertz CT molecular complexity index is 1290. The first-order chi connectivity index (χ1) is 17.1.